The molecular weight excluding hydrogens is 368 g/mol. The predicted molar refractivity (Wildman–Crippen MR) is 113 cm³/mol. The topological polar surface area (TPSA) is 24.8 Å². The number of rotatable bonds is 1. The van der Waals surface area contributed by atoms with Crippen molar-refractivity contribution in [1.29, 1.82) is 0 Å². The Morgan fingerprint density at radius 2 is 1.79 bits per heavy atom. The maximum absolute atomic E-state index is 6.56. The summed E-state index contributed by atoms with van der Waals surface area (Å²) in [4.78, 5) is 0. The molecule has 6 rings (SSSR count). The summed E-state index contributed by atoms with van der Waals surface area (Å²) in [6.45, 7) is 0. The van der Waals surface area contributed by atoms with Crippen molar-refractivity contribution in [3.05, 3.63) is 76.8 Å². The molecule has 1 spiro atoms. The molecule has 0 amide bonds. The van der Waals surface area contributed by atoms with Crippen molar-refractivity contribution in [2.75, 3.05) is 0 Å². The number of ether oxygens (including phenoxy) is 1. The zero-order chi connectivity index (χ0) is 18.7. The van der Waals surface area contributed by atoms with Crippen molar-refractivity contribution >= 4 is 28.1 Å². The SMILES string of the molecule is Clc1ccc2c(c1)C1CC(c3ccc4ccccc4c3)=NN1C1(CCCC1)O2. The van der Waals surface area contributed by atoms with Crippen molar-refractivity contribution in [3.8, 4) is 5.75 Å². The molecule has 0 radical (unpaired) electrons. The van der Waals surface area contributed by atoms with E-state index in [1.807, 2.05) is 12.1 Å². The summed E-state index contributed by atoms with van der Waals surface area (Å²) >= 11 is 6.33. The van der Waals surface area contributed by atoms with Gasteiger partial charge in [0.2, 0.25) is 0 Å². The summed E-state index contributed by atoms with van der Waals surface area (Å²) in [6, 6.07) is 21.3. The lowest BCUT2D eigenvalue weighted by Gasteiger charge is -2.45. The molecule has 2 aliphatic heterocycles. The Balaban J connectivity index is 1.46. The van der Waals surface area contributed by atoms with Gasteiger partial charge in [0.1, 0.15) is 5.75 Å². The Morgan fingerprint density at radius 3 is 2.64 bits per heavy atom. The van der Waals surface area contributed by atoms with Crippen LogP contribution in [0.4, 0.5) is 0 Å². The van der Waals surface area contributed by atoms with Gasteiger partial charge in [0.15, 0.2) is 5.72 Å². The van der Waals surface area contributed by atoms with Crippen molar-refractivity contribution in [1.82, 2.24) is 5.01 Å². The van der Waals surface area contributed by atoms with Crippen LogP contribution >= 0.6 is 11.6 Å². The van der Waals surface area contributed by atoms with Gasteiger partial charge in [-0.15, -0.1) is 0 Å². The highest BCUT2D eigenvalue weighted by molar-refractivity contribution is 6.30. The lowest BCUT2D eigenvalue weighted by Crippen LogP contribution is -2.51. The molecule has 1 unspecified atom stereocenters. The fraction of sp³-hybridized carbons (Fsp3) is 0.292. The quantitative estimate of drug-likeness (QED) is 0.488. The minimum Gasteiger partial charge on any atom is -0.466 e. The maximum atomic E-state index is 6.56. The van der Waals surface area contributed by atoms with E-state index in [0.717, 1.165) is 41.3 Å². The number of hydrogen-bond donors (Lipinski definition) is 0. The van der Waals surface area contributed by atoms with Crippen LogP contribution in [0, 0.1) is 0 Å². The first-order valence-corrected chi connectivity index (χ1v) is 10.4. The predicted octanol–water partition coefficient (Wildman–Crippen LogP) is 6.31. The van der Waals surface area contributed by atoms with E-state index < -0.39 is 0 Å². The number of fused-ring (bicyclic) bond motifs is 5. The van der Waals surface area contributed by atoms with Gasteiger partial charge >= 0.3 is 0 Å². The van der Waals surface area contributed by atoms with E-state index in [-0.39, 0.29) is 11.8 Å². The van der Waals surface area contributed by atoms with Gasteiger partial charge in [-0.25, -0.2) is 5.01 Å². The van der Waals surface area contributed by atoms with Crippen molar-refractivity contribution in [3.63, 3.8) is 0 Å². The molecule has 0 saturated heterocycles. The Labute approximate surface area is 169 Å². The fourth-order valence-electron chi connectivity index (χ4n) is 5.05. The van der Waals surface area contributed by atoms with Crippen LogP contribution in [0.1, 0.15) is 49.3 Å². The normalized spacial score (nSPS) is 22.1. The van der Waals surface area contributed by atoms with Crippen LogP contribution in [0.15, 0.2) is 65.8 Å². The zero-order valence-corrected chi connectivity index (χ0v) is 16.3. The van der Waals surface area contributed by atoms with Crippen molar-refractivity contribution < 1.29 is 4.74 Å². The lowest BCUT2D eigenvalue weighted by molar-refractivity contribution is -0.114. The third-order valence-electron chi connectivity index (χ3n) is 6.43. The maximum Gasteiger partial charge on any atom is 0.198 e. The molecular formula is C24H21ClN2O. The van der Waals surface area contributed by atoms with Gasteiger partial charge in [-0.2, -0.15) is 5.10 Å². The Hall–Kier alpha value is -2.52. The molecule has 1 aliphatic carbocycles. The molecule has 0 bridgehead atoms. The molecule has 1 saturated carbocycles. The zero-order valence-electron chi connectivity index (χ0n) is 15.6. The van der Waals surface area contributed by atoms with Crippen LogP contribution < -0.4 is 4.74 Å². The largest absolute Gasteiger partial charge is 0.466 e. The summed E-state index contributed by atoms with van der Waals surface area (Å²) in [7, 11) is 0. The molecule has 3 nitrogen and oxygen atoms in total. The average Bonchev–Trinajstić information content (AvgIpc) is 3.37. The lowest BCUT2D eigenvalue weighted by atomic mass is 9.93. The first-order chi connectivity index (χ1) is 13.7. The van der Waals surface area contributed by atoms with Gasteiger partial charge < -0.3 is 4.74 Å². The smallest absolute Gasteiger partial charge is 0.198 e. The number of nitrogens with zero attached hydrogens (tertiary/aromatic N) is 2. The van der Waals surface area contributed by atoms with Gasteiger partial charge in [-0.3, -0.25) is 0 Å². The second kappa shape index (κ2) is 5.99. The molecule has 2 heterocycles. The summed E-state index contributed by atoms with van der Waals surface area (Å²) < 4.78 is 6.56. The van der Waals surface area contributed by atoms with Gasteiger partial charge in [0, 0.05) is 29.8 Å². The van der Waals surface area contributed by atoms with Gasteiger partial charge in [0.25, 0.3) is 0 Å². The van der Waals surface area contributed by atoms with E-state index in [1.165, 1.54) is 29.2 Å². The molecule has 3 aliphatic rings. The average molecular weight is 389 g/mol. The molecule has 3 aromatic rings. The number of halogens is 1. The first kappa shape index (κ1) is 16.4. The van der Waals surface area contributed by atoms with Crippen LogP contribution in [0.2, 0.25) is 5.02 Å². The van der Waals surface area contributed by atoms with Crippen LogP contribution in [0.5, 0.6) is 5.75 Å². The summed E-state index contributed by atoms with van der Waals surface area (Å²) in [5.74, 6) is 0.975. The van der Waals surface area contributed by atoms with E-state index >= 15 is 0 Å². The molecule has 140 valence electrons. The van der Waals surface area contributed by atoms with Crippen molar-refractivity contribution in [2.24, 2.45) is 5.10 Å². The Kier molecular flexibility index (Phi) is 3.51. The van der Waals surface area contributed by atoms with E-state index in [0.29, 0.717) is 0 Å². The first-order valence-electron chi connectivity index (χ1n) is 10.1. The standard InChI is InChI=1S/C24H21ClN2O/c25-19-9-10-23-20(14-19)22-15-21(26-27(22)24(28-23)11-3-4-12-24)18-8-7-16-5-1-2-6-17(16)13-18/h1-2,5-10,13-14,22H,3-4,11-12,15H2. The summed E-state index contributed by atoms with van der Waals surface area (Å²) in [5.41, 5.74) is 3.19. The van der Waals surface area contributed by atoms with Crippen LogP contribution in [-0.4, -0.2) is 16.4 Å². The minimum absolute atomic E-state index is 0.196. The van der Waals surface area contributed by atoms with Crippen LogP contribution in [-0.2, 0) is 0 Å². The van der Waals surface area contributed by atoms with E-state index in [2.05, 4.69) is 53.5 Å². The molecule has 0 N–H and O–H groups in total. The molecule has 28 heavy (non-hydrogen) atoms. The van der Waals surface area contributed by atoms with Gasteiger partial charge in [-0.05, 0) is 53.4 Å². The highest BCUT2D eigenvalue weighted by Crippen LogP contribution is 2.52. The monoisotopic (exact) mass is 388 g/mol. The van der Waals surface area contributed by atoms with E-state index in [9.17, 15) is 0 Å². The van der Waals surface area contributed by atoms with Crippen LogP contribution in [0.3, 0.4) is 0 Å². The Morgan fingerprint density at radius 1 is 0.964 bits per heavy atom. The summed E-state index contributed by atoms with van der Waals surface area (Å²) in [5, 5.41) is 10.7. The number of hydrazone groups is 1. The number of benzene rings is 3. The molecule has 4 heteroatoms. The number of hydrogen-bond acceptors (Lipinski definition) is 3. The molecule has 1 atom stereocenters. The third-order valence-corrected chi connectivity index (χ3v) is 6.66. The van der Waals surface area contributed by atoms with E-state index in [1.54, 1.807) is 0 Å². The highest BCUT2D eigenvalue weighted by atomic mass is 35.5. The van der Waals surface area contributed by atoms with Gasteiger partial charge in [0.05, 0.1) is 11.8 Å². The van der Waals surface area contributed by atoms with Crippen molar-refractivity contribution in [2.45, 2.75) is 43.9 Å². The minimum atomic E-state index is -0.301. The molecule has 3 aromatic carbocycles. The second-order valence-corrected chi connectivity index (χ2v) is 8.55. The third kappa shape index (κ3) is 2.39. The molecule has 0 aromatic heterocycles. The van der Waals surface area contributed by atoms with Gasteiger partial charge in [-0.1, -0.05) is 48.0 Å². The highest BCUT2D eigenvalue weighted by Gasteiger charge is 2.51. The fourth-order valence-corrected chi connectivity index (χ4v) is 5.23. The Bertz CT molecular complexity index is 1120. The van der Waals surface area contributed by atoms with Crippen LogP contribution in [0.25, 0.3) is 10.8 Å². The summed E-state index contributed by atoms with van der Waals surface area (Å²) in [6.07, 6.45) is 5.32. The second-order valence-electron chi connectivity index (χ2n) is 8.11. The molecule has 1 fully saturated rings. The van der Waals surface area contributed by atoms with E-state index in [4.69, 9.17) is 21.4 Å².